The molecule has 33 heavy (non-hydrogen) atoms. The Bertz CT molecular complexity index is 1350. The van der Waals surface area contributed by atoms with E-state index < -0.39 is 0 Å². The zero-order valence-corrected chi connectivity index (χ0v) is 18.8. The number of halogens is 1. The number of methoxy groups -OCH3 is 1. The average molecular weight is 465 g/mol. The molecule has 0 bridgehead atoms. The molecule has 2 heterocycles. The van der Waals surface area contributed by atoms with Crippen LogP contribution in [0.5, 0.6) is 5.75 Å². The fraction of sp³-hybridized carbons (Fsp3) is 0.167. The monoisotopic (exact) mass is 464 g/mol. The fourth-order valence-corrected chi connectivity index (χ4v) is 3.59. The van der Waals surface area contributed by atoms with Gasteiger partial charge in [0.05, 0.1) is 24.2 Å². The van der Waals surface area contributed by atoms with E-state index in [1.807, 2.05) is 30.3 Å². The lowest BCUT2D eigenvalue weighted by atomic mass is 10.1. The maximum absolute atomic E-state index is 12.8. The van der Waals surface area contributed by atoms with E-state index in [0.29, 0.717) is 33.3 Å². The van der Waals surface area contributed by atoms with Crippen LogP contribution < -0.4 is 15.6 Å². The molecule has 0 aliphatic carbocycles. The third kappa shape index (κ3) is 4.80. The molecule has 2 aromatic heterocycles. The largest absolute Gasteiger partial charge is 0.497 e. The summed E-state index contributed by atoms with van der Waals surface area (Å²) in [5, 5.41) is 7.28. The van der Waals surface area contributed by atoms with Crippen molar-refractivity contribution in [2.45, 2.75) is 13.5 Å². The number of rotatable bonds is 7. The molecule has 0 aliphatic rings. The standard InChI is InChI=1S/C24H21ClN4O4/c1-15-22(23(28-33-15)18-5-3-4-6-19(18)25)24(31)26-11-12-29-14-27-20(13-21(29)30)16-7-9-17(32-2)10-8-16/h3-10,13-14H,11-12H2,1-2H3,(H,26,31). The molecule has 0 aliphatic heterocycles. The van der Waals surface area contributed by atoms with E-state index in [1.165, 1.54) is 17.0 Å². The first-order valence-electron chi connectivity index (χ1n) is 10.2. The van der Waals surface area contributed by atoms with Gasteiger partial charge in [-0.15, -0.1) is 0 Å². The minimum atomic E-state index is -0.362. The van der Waals surface area contributed by atoms with Crippen LogP contribution in [0.2, 0.25) is 5.02 Å². The van der Waals surface area contributed by atoms with Gasteiger partial charge >= 0.3 is 0 Å². The maximum Gasteiger partial charge on any atom is 0.257 e. The molecule has 0 fully saturated rings. The van der Waals surface area contributed by atoms with Crippen molar-refractivity contribution in [1.82, 2.24) is 20.0 Å². The van der Waals surface area contributed by atoms with Crippen molar-refractivity contribution in [3.63, 3.8) is 0 Å². The number of carbonyl (C=O) groups is 1. The van der Waals surface area contributed by atoms with E-state index >= 15 is 0 Å². The minimum Gasteiger partial charge on any atom is -0.497 e. The van der Waals surface area contributed by atoms with Gasteiger partial charge in [-0.3, -0.25) is 14.2 Å². The second kappa shape index (κ2) is 9.70. The van der Waals surface area contributed by atoms with E-state index in [-0.39, 0.29) is 24.6 Å². The molecular weight excluding hydrogens is 444 g/mol. The number of benzene rings is 2. The first-order chi connectivity index (χ1) is 16.0. The Hall–Kier alpha value is -3.91. The minimum absolute atomic E-state index is 0.217. The van der Waals surface area contributed by atoms with E-state index in [0.717, 1.165) is 11.3 Å². The number of ether oxygens (including phenoxy) is 1. The summed E-state index contributed by atoms with van der Waals surface area (Å²) in [6.07, 6.45) is 1.47. The number of amides is 1. The van der Waals surface area contributed by atoms with Crippen molar-refractivity contribution >= 4 is 17.5 Å². The van der Waals surface area contributed by atoms with Crippen LogP contribution in [0.15, 0.2) is 70.2 Å². The summed E-state index contributed by atoms with van der Waals surface area (Å²) in [6, 6.07) is 15.8. The van der Waals surface area contributed by atoms with Crippen molar-refractivity contribution in [3.8, 4) is 28.3 Å². The first kappa shape index (κ1) is 22.3. The van der Waals surface area contributed by atoms with Crippen molar-refractivity contribution in [2.75, 3.05) is 13.7 Å². The molecule has 1 amide bonds. The van der Waals surface area contributed by atoms with E-state index in [1.54, 1.807) is 32.2 Å². The first-order valence-corrected chi connectivity index (χ1v) is 10.6. The Labute approximate surface area is 194 Å². The lowest BCUT2D eigenvalue weighted by molar-refractivity contribution is 0.0951. The lowest BCUT2D eigenvalue weighted by Crippen LogP contribution is -2.31. The molecular formula is C24H21ClN4O4. The number of aryl methyl sites for hydroxylation is 1. The summed E-state index contributed by atoms with van der Waals surface area (Å²) in [5.41, 5.74) is 2.44. The molecule has 1 N–H and O–H groups in total. The van der Waals surface area contributed by atoms with Gasteiger partial charge in [0.15, 0.2) is 0 Å². The number of carbonyl (C=O) groups excluding carboxylic acids is 1. The quantitative estimate of drug-likeness (QED) is 0.444. The molecule has 0 unspecified atom stereocenters. The van der Waals surface area contributed by atoms with E-state index in [4.69, 9.17) is 20.9 Å². The highest BCUT2D eigenvalue weighted by Crippen LogP contribution is 2.30. The summed E-state index contributed by atoms with van der Waals surface area (Å²) < 4.78 is 11.8. The van der Waals surface area contributed by atoms with Crippen molar-refractivity contribution in [1.29, 1.82) is 0 Å². The van der Waals surface area contributed by atoms with Gasteiger partial charge in [-0.2, -0.15) is 0 Å². The van der Waals surface area contributed by atoms with E-state index in [2.05, 4.69) is 15.5 Å². The average Bonchev–Trinajstić information content (AvgIpc) is 3.21. The summed E-state index contributed by atoms with van der Waals surface area (Å²) >= 11 is 6.25. The van der Waals surface area contributed by atoms with Crippen LogP contribution in [-0.4, -0.2) is 34.3 Å². The zero-order chi connectivity index (χ0) is 23.4. The maximum atomic E-state index is 12.8. The molecule has 0 saturated carbocycles. The highest BCUT2D eigenvalue weighted by atomic mass is 35.5. The predicted molar refractivity (Wildman–Crippen MR) is 125 cm³/mol. The van der Waals surface area contributed by atoms with Gasteiger partial charge in [0, 0.05) is 30.3 Å². The van der Waals surface area contributed by atoms with Gasteiger partial charge in [0.2, 0.25) is 0 Å². The molecule has 8 nitrogen and oxygen atoms in total. The molecule has 4 rings (SSSR count). The zero-order valence-electron chi connectivity index (χ0n) is 18.0. The number of hydrogen-bond acceptors (Lipinski definition) is 6. The number of nitrogens with zero attached hydrogens (tertiary/aromatic N) is 3. The van der Waals surface area contributed by atoms with Crippen LogP contribution in [0.25, 0.3) is 22.5 Å². The molecule has 4 aromatic rings. The summed E-state index contributed by atoms with van der Waals surface area (Å²) in [5.74, 6) is 0.744. The summed E-state index contributed by atoms with van der Waals surface area (Å²) in [6.45, 7) is 2.13. The van der Waals surface area contributed by atoms with Gasteiger partial charge in [0.1, 0.15) is 22.8 Å². The Morgan fingerprint density at radius 3 is 2.64 bits per heavy atom. The van der Waals surface area contributed by atoms with Crippen LogP contribution >= 0.6 is 11.6 Å². The van der Waals surface area contributed by atoms with Crippen molar-refractivity contribution in [2.24, 2.45) is 0 Å². The normalized spacial score (nSPS) is 10.8. The van der Waals surface area contributed by atoms with Crippen molar-refractivity contribution in [3.05, 3.63) is 87.6 Å². The molecule has 0 spiro atoms. The van der Waals surface area contributed by atoms with Crippen LogP contribution in [0.3, 0.4) is 0 Å². The molecule has 0 saturated heterocycles. The number of hydrogen-bond donors (Lipinski definition) is 1. The molecule has 0 radical (unpaired) electrons. The van der Waals surface area contributed by atoms with Crippen LogP contribution in [0.4, 0.5) is 0 Å². The fourth-order valence-electron chi connectivity index (χ4n) is 3.37. The van der Waals surface area contributed by atoms with Crippen LogP contribution in [-0.2, 0) is 6.54 Å². The lowest BCUT2D eigenvalue weighted by Gasteiger charge is -2.09. The molecule has 168 valence electrons. The third-order valence-corrected chi connectivity index (χ3v) is 5.45. The Morgan fingerprint density at radius 2 is 1.94 bits per heavy atom. The highest BCUT2D eigenvalue weighted by molar-refractivity contribution is 6.33. The predicted octanol–water partition coefficient (Wildman–Crippen LogP) is 3.97. The Morgan fingerprint density at radius 1 is 1.18 bits per heavy atom. The topological polar surface area (TPSA) is 99.2 Å². The Kier molecular flexibility index (Phi) is 6.55. The highest BCUT2D eigenvalue weighted by Gasteiger charge is 2.22. The van der Waals surface area contributed by atoms with Gasteiger partial charge in [0.25, 0.3) is 11.5 Å². The van der Waals surface area contributed by atoms with Crippen LogP contribution in [0.1, 0.15) is 16.1 Å². The van der Waals surface area contributed by atoms with Crippen molar-refractivity contribution < 1.29 is 14.1 Å². The summed E-state index contributed by atoms with van der Waals surface area (Å²) in [7, 11) is 1.59. The second-order valence-corrected chi connectivity index (χ2v) is 7.64. The third-order valence-electron chi connectivity index (χ3n) is 5.12. The SMILES string of the molecule is COc1ccc(-c2cc(=O)n(CCNC(=O)c3c(-c4ccccc4Cl)noc3C)cn2)cc1. The van der Waals surface area contributed by atoms with Gasteiger partial charge in [-0.1, -0.05) is 35.0 Å². The van der Waals surface area contributed by atoms with E-state index in [9.17, 15) is 9.59 Å². The Balaban J connectivity index is 1.44. The molecule has 0 atom stereocenters. The second-order valence-electron chi connectivity index (χ2n) is 7.23. The van der Waals surface area contributed by atoms with Gasteiger partial charge in [-0.05, 0) is 37.3 Å². The smallest absolute Gasteiger partial charge is 0.257 e. The summed E-state index contributed by atoms with van der Waals surface area (Å²) in [4.78, 5) is 29.7. The molecule has 2 aromatic carbocycles. The molecule has 9 heteroatoms. The van der Waals surface area contributed by atoms with Gasteiger partial charge < -0.3 is 14.6 Å². The number of aromatic nitrogens is 3. The van der Waals surface area contributed by atoms with Crippen LogP contribution in [0, 0.1) is 6.92 Å². The van der Waals surface area contributed by atoms with Gasteiger partial charge in [-0.25, -0.2) is 4.98 Å². The number of nitrogens with one attached hydrogen (secondary N) is 1.